The summed E-state index contributed by atoms with van der Waals surface area (Å²) in [5.41, 5.74) is 6.58. The van der Waals surface area contributed by atoms with Crippen molar-refractivity contribution >= 4 is 11.8 Å². The van der Waals surface area contributed by atoms with Crippen molar-refractivity contribution in [2.24, 2.45) is 5.73 Å². The minimum atomic E-state index is 0.321. The Labute approximate surface area is 123 Å². The van der Waals surface area contributed by atoms with Crippen molar-refractivity contribution in [2.75, 3.05) is 25.4 Å². The van der Waals surface area contributed by atoms with Gasteiger partial charge in [0.1, 0.15) is 0 Å². The number of hydrogen-bond donors (Lipinski definition) is 1. The van der Waals surface area contributed by atoms with Crippen LogP contribution in [0.1, 0.15) is 65.2 Å². The standard InChI is InChI=1S/C16H32N2S/c1-15(2)10-11-18(12-13-19-15)16(14-17)8-6-4-3-5-7-9-16/h3-14,17H2,1-2H3. The predicted molar refractivity (Wildman–Crippen MR) is 86.8 cm³/mol. The van der Waals surface area contributed by atoms with E-state index in [0.717, 1.165) is 6.54 Å². The fraction of sp³-hybridized carbons (Fsp3) is 1.00. The lowest BCUT2D eigenvalue weighted by molar-refractivity contribution is 0.0718. The van der Waals surface area contributed by atoms with Gasteiger partial charge < -0.3 is 5.73 Å². The third-order valence-electron chi connectivity index (χ3n) is 5.17. The normalized spacial score (nSPS) is 29.2. The van der Waals surface area contributed by atoms with Crippen molar-refractivity contribution in [1.82, 2.24) is 4.90 Å². The molecule has 0 spiro atoms. The van der Waals surface area contributed by atoms with Gasteiger partial charge in [-0.25, -0.2) is 0 Å². The second kappa shape index (κ2) is 6.82. The predicted octanol–water partition coefficient (Wildman–Crippen LogP) is 3.65. The summed E-state index contributed by atoms with van der Waals surface area (Å²) >= 11 is 2.14. The zero-order chi connectivity index (χ0) is 13.8. The van der Waals surface area contributed by atoms with E-state index in [1.165, 1.54) is 70.2 Å². The Balaban J connectivity index is 2.05. The monoisotopic (exact) mass is 284 g/mol. The Morgan fingerprint density at radius 2 is 1.58 bits per heavy atom. The third-order valence-corrected chi connectivity index (χ3v) is 6.55. The summed E-state index contributed by atoms with van der Waals surface area (Å²) < 4.78 is 0.451. The van der Waals surface area contributed by atoms with Crippen LogP contribution in [-0.2, 0) is 0 Å². The molecular weight excluding hydrogens is 252 g/mol. The lowest BCUT2D eigenvalue weighted by Crippen LogP contribution is -2.55. The Hall–Kier alpha value is 0.270. The molecule has 19 heavy (non-hydrogen) atoms. The minimum Gasteiger partial charge on any atom is -0.329 e. The summed E-state index contributed by atoms with van der Waals surface area (Å²) in [5, 5.41) is 0. The Bertz CT molecular complexity index is 270. The van der Waals surface area contributed by atoms with Gasteiger partial charge in [-0.05, 0) is 19.3 Å². The van der Waals surface area contributed by atoms with Crippen molar-refractivity contribution in [2.45, 2.75) is 75.5 Å². The van der Waals surface area contributed by atoms with Gasteiger partial charge in [0.25, 0.3) is 0 Å². The molecule has 0 bridgehead atoms. The first-order chi connectivity index (χ1) is 9.08. The van der Waals surface area contributed by atoms with E-state index in [9.17, 15) is 0 Å². The van der Waals surface area contributed by atoms with E-state index in [4.69, 9.17) is 5.73 Å². The summed E-state index contributed by atoms with van der Waals surface area (Å²) in [6, 6.07) is 0. The molecule has 112 valence electrons. The van der Waals surface area contributed by atoms with Crippen molar-refractivity contribution in [3.8, 4) is 0 Å². The number of nitrogens with two attached hydrogens (primary N) is 1. The van der Waals surface area contributed by atoms with Gasteiger partial charge in [-0.1, -0.05) is 46.0 Å². The first kappa shape index (κ1) is 15.7. The molecule has 0 aromatic rings. The van der Waals surface area contributed by atoms with Gasteiger partial charge in [-0.15, -0.1) is 0 Å². The molecule has 0 atom stereocenters. The fourth-order valence-corrected chi connectivity index (χ4v) is 4.81. The highest BCUT2D eigenvalue weighted by Gasteiger charge is 2.37. The summed E-state index contributed by atoms with van der Waals surface area (Å²) in [7, 11) is 0. The van der Waals surface area contributed by atoms with Gasteiger partial charge in [-0.2, -0.15) is 11.8 Å². The van der Waals surface area contributed by atoms with Crippen molar-refractivity contribution in [3.05, 3.63) is 0 Å². The van der Waals surface area contributed by atoms with Crippen LogP contribution in [0, 0.1) is 0 Å². The van der Waals surface area contributed by atoms with E-state index in [1.54, 1.807) is 0 Å². The summed E-state index contributed by atoms with van der Waals surface area (Å²) in [5.74, 6) is 1.27. The van der Waals surface area contributed by atoms with Crippen LogP contribution < -0.4 is 5.73 Å². The maximum absolute atomic E-state index is 6.26. The molecule has 2 nitrogen and oxygen atoms in total. The fourth-order valence-electron chi connectivity index (χ4n) is 3.71. The molecule has 0 amide bonds. The smallest absolute Gasteiger partial charge is 0.0332 e. The van der Waals surface area contributed by atoms with Crippen LogP contribution >= 0.6 is 11.8 Å². The number of thioether (sulfide) groups is 1. The molecule has 1 heterocycles. The summed E-state index contributed by atoms with van der Waals surface area (Å²) in [6.45, 7) is 8.14. The molecule has 1 saturated heterocycles. The number of rotatable bonds is 2. The molecule has 2 fully saturated rings. The molecule has 1 aliphatic heterocycles. The van der Waals surface area contributed by atoms with Crippen LogP contribution in [0.25, 0.3) is 0 Å². The first-order valence-electron chi connectivity index (χ1n) is 8.17. The van der Waals surface area contributed by atoms with Crippen LogP contribution in [0.4, 0.5) is 0 Å². The average Bonchev–Trinajstić information content (AvgIpc) is 2.52. The SMILES string of the molecule is CC1(C)CCN(C2(CN)CCCCCCC2)CCS1. The Morgan fingerprint density at radius 3 is 2.21 bits per heavy atom. The zero-order valence-corrected chi connectivity index (χ0v) is 13.7. The topological polar surface area (TPSA) is 29.3 Å². The lowest BCUT2D eigenvalue weighted by atomic mass is 9.82. The van der Waals surface area contributed by atoms with E-state index in [2.05, 4.69) is 30.5 Å². The van der Waals surface area contributed by atoms with Crippen LogP contribution in [0.5, 0.6) is 0 Å². The molecule has 0 aromatic carbocycles. The summed E-state index contributed by atoms with van der Waals surface area (Å²) in [6.07, 6.45) is 11.0. The van der Waals surface area contributed by atoms with Crippen molar-refractivity contribution in [1.29, 1.82) is 0 Å². The van der Waals surface area contributed by atoms with Gasteiger partial charge in [0.2, 0.25) is 0 Å². The Morgan fingerprint density at radius 1 is 0.947 bits per heavy atom. The van der Waals surface area contributed by atoms with Crippen LogP contribution in [-0.4, -0.2) is 40.6 Å². The van der Waals surface area contributed by atoms with Crippen molar-refractivity contribution in [3.63, 3.8) is 0 Å². The molecular formula is C16H32N2S. The first-order valence-corrected chi connectivity index (χ1v) is 9.16. The molecule has 0 aromatic heterocycles. The molecule has 1 aliphatic carbocycles. The van der Waals surface area contributed by atoms with Gasteiger partial charge in [0, 0.05) is 35.7 Å². The van der Waals surface area contributed by atoms with E-state index < -0.39 is 0 Å². The highest BCUT2D eigenvalue weighted by Crippen LogP contribution is 2.36. The maximum atomic E-state index is 6.26. The molecule has 1 saturated carbocycles. The lowest BCUT2D eigenvalue weighted by Gasteiger charge is -2.44. The molecule has 0 unspecified atom stereocenters. The average molecular weight is 285 g/mol. The molecule has 2 rings (SSSR count). The summed E-state index contributed by atoms with van der Waals surface area (Å²) in [4.78, 5) is 2.76. The minimum absolute atomic E-state index is 0.321. The number of hydrogen-bond acceptors (Lipinski definition) is 3. The van der Waals surface area contributed by atoms with Gasteiger partial charge >= 0.3 is 0 Å². The van der Waals surface area contributed by atoms with Crippen LogP contribution in [0.3, 0.4) is 0 Å². The van der Waals surface area contributed by atoms with Gasteiger partial charge in [0.15, 0.2) is 0 Å². The molecule has 2 aliphatic rings. The molecule has 3 heteroatoms. The highest BCUT2D eigenvalue weighted by molar-refractivity contribution is 8.00. The maximum Gasteiger partial charge on any atom is 0.0332 e. The zero-order valence-electron chi connectivity index (χ0n) is 12.9. The van der Waals surface area contributed by atoms with E-state index in [-0.39, 0.29) is 0 Å². The molecule has 2 N–H and O–H groups in total. The second-order valence-corrected chi connectivity index (χ2v) is 8.84. The van der Waals surface area contributed by atoms with Crippen LogP contribution in [0.2, 0.25) is 0 Å². The van der Waals surface area contributed by atoms with Crippen LogP contribution in [0.15, 0.2) is 0 Å². The molecule has 0 radical (unpaired) electrons. The third kappa shape index (κ3) is 4.12. The van der Waals surface area contributed by atoms with E-state index in [1.807, 2.05) is 0 Å². The van der Waals surface area contributed by atoms with Gasteiger partial charge in [-0.3, -0.25) is 4.90 Å². The Kier molecular flexibility index (Phi) is 5.62. The van der Waals surface area contributed by atoms with Gasteiger partial charge in [0.05, 0.1) is 0 Å². The van der Waals surface area contributed by atoms with Crippen molar-refractivity contribution < 1.29 is 0 Å². The largest absolute Gasteiger partial charge is 0.329 e. The van der Waals surface area contributed by atoms with E-state index >= 15 is 0 Å². The highest BCUT2D eigenvalue weighted by atomic mass is 32.2. The number of nitrogens with zero attached hydrogens (tertiary/aromatic N) is 1. The van der Waals surface area contributed by atoms with E-state index in [0.29, 0.717) is 10.3 Å². The second-order valence-electron chi connectivity index (χ2n) is 7.04. The quantitative estimate of drug-likeness (QED) is 0.839.